The number of H-pyrrole nitrogens is 1. The number of morpholine rings is 1. The summed E-state index contributed by atoms with van der Waals surface area (Å²) >= 11 is 0. The minimum Gasteiger partial charge on any atom is -0.497 e. The van der Waals surface area contributed by atoms with Gasteiger partial charge < -0.3 is 24.7 Å². The summed E-state index contributed by atoms with van der Waals surface area (Å²) in [6.45, 7) is 3.86. The van der Waals surface area contributed by atoms with Gasteiger partial charge in [0, 0.05) is 19.6 Å². The van der Waals surface area contributed by atoms with Gasteiger partial charge in [0.2, 0.25) is 5.95 Å². The topological polar surface area (TPSA) is 88.2 Å². The summed E-state index contributed by atoms with van der Waals surface area (Å²) < 4.78 is 10.6. The average molecular weight is 354 g/mol. The molecule has 136 valence electrons. The summed E-state index contributed by atoms with van der Waals surface area (Å²) in [7, 11) is 1.67. The quantitative estimate of drug-likeness (QED) is 0.698. The Hall–Kier alpha value is -2.87. The van der Waals surface area contributed by atoms with Gasteiger partial charge in [-0.2, -0.15) is 4.98 Å². The lowest BCUT2D eigenvalue weighted by atomic mass is 10.1. The van der Waals surface area contributed by atoms with Gasteiger partial charge in [-0.05, 0) is 24.1 Å². The van der Waals surface area contributed by atoms with Crippen LogP contribution in [0.1, 0.15) is 5.56 Å². The van der Waals surface area contributed by atoms with Gasteiger partial charge in [-0.15, -0.1) is 0 Å². The van der Waals surface area contributed by atoms with E-state index in [0.717, 1.165) is 62.3 Å². The van der Waals surface area contributed by atoms with E-state index in [9.17, 15) is 0 Å². The van der Waals surface area contributed by atoms with Gasteiger partial charge in [-0.25, -0.2) is 9.97 Å². The SMILES string of the molecule is COc1ccc(CCNc2ncnc3nc(N4CCOCC4)[nH]c23)cc1. The minimum atomic E-state index is 0.674. The normalized spacial score (nSPS) is 14.6. The number of nitrogens with zero attached hydrogens (tertiary/aromatic N) is 4. The zero-order chi connectivity index (χ0) is 17.8. The summed E-state index contributed by atoms with van der Waals surface area (Å²) in [6, 6.07) is 8.09. The van der Waals surface area contributed by atoms with Gasteiger partial charge >= 0.3 is 0 Å². The van der Waals surface area contributed by atoms with Gasteiger partial charge in [-0.3, -0.25) is 0 Å². The molecule has 0 amide bonds. The minimum absolute atomic E-state index is 0.674. The van der Waals surface area contributed by atoms with Crippen molar-refractivity contribution >= 4 is 22.9 Å². The Balaban J connectivity index is 1.44. The summed E-state index contributed by atoms with van der Waals surface area (Å²) in [6.07, 6.45) is 2.43. The lowest BCUT2D eigenvalue weighted by molar-refractivity contribution is 0.122. The number of benzene rings is 1. The second-order valence-electron chi connectivity index (χ2n) is 6.11. The summed E-state index contributed by atoms with van der Waals surface area (Å²) in [5.41, 5.74) is 2.75. The zero-order valence-electron chi connectivity index (χ0n) is 14.7. The second kappa shape index (κ2) is 7.57. The van der Waals surface area contributed by atoms with Crippen molar-refractivity contribution in [3.63, 3.8) is 0 Å². The van der Waals surface area contributed by atoms with Crippen LogP contribution in [0.25, 0.3) is 11.2 Å². The van der Waals surface area contributed by atoms with Crippen molar-refractivity contribution in [2.45, 2.75) is 6.42 Å². The van der Waals surface area contributed by atoms with Crippen LogP contribution in [-0.4, -0.2) is 59.9 Å². The monoisotopic (exact) mass is 354 g/mol. The van der Waals surface area contributed by atoms with Crippen molar-refractivity contribution in [1.29, 1.82) is 0 Å². The molecule has 26 heavy (non-hydrogen) atoms. The molecule has 0 unspecified atom stereocenters. The largest absolute Gasteiger partial charge is 0.497 e. The highest BCUT2D eigenvalue weighted by Gasteiger charge is 2.17. The smallest absolute Gasteiger partial charge is 0.205 e. The molecule has 0 bridgehead atoms. The van der Waals surface area contributed by atoms with Gasteiger partial charge in [0.1, 0.15) is 17.6 Å². The van der Waals surface area contributed by atoms with Crippen LogP contribution < -0.4 is 15.0 Å². The fraction of sp³-hybridized carbons (Fsp3) is 0.389. The Bertz CT molecular complexity index is 858. The Labute approximate surface area is 151 Å². The van der Waals surface area contributed by atoms with Crippen LogP contribution in [0.2, 0.25) is 0 Å². The third kappa shape index (κ3) is 3.55. The average Bonchev–Trinajstić information content (AvgIpc) is 3.14. The van der Waals surface area contributed by atoms with Gasteiger partial charge in [-0.1, -0.05) is 12.1 Å². The molecule has 1 aromatic carbocycles. The molecule has 3 aromatic rings. The van der Waals surface area contributed by atoms with Crippen molar-refractivity contribution < 1.29 is 9.47 Å². The molecule has 0 atom stereocenters. The van der Waals surface area contributed by atoms with Crippen molar-refractivity contribution in [2.75, 3.05) is 50.2 Å². The lowest BCUT2D eigenvalue weighted by Crippen LogP contribution is -2.36. The third-order valence-corrected chi connectivity index (χ3v) is 4.45. The van der Waals surface area contributed by atoms with E-state index >= 15 is 0 Å². The number of nitrogens with one attached hydrogen (secondary N) is 2. The molecule has 0 saturated carbocycles. The standard InChI is InChI=1S/C18H22N6O2/c1-25-14-4-2-13(3-5-14)6-7-19-16-15-17(21-12-20-16)23-18(22-15)24-8-10-26-11-9-24/h2-5,12H,6-11H2,1H3,(H2,19,20,21,22,23). The maximum Gasteiger partial charge on any atom is 0.205 e. The molecule has 1 aliphatic rings. The van der Waals surface area contributed by atoms with Gasteiger partial charge in [0.15, 0.2) is 11.5 Å². The highest BCUT2D eigenvalue weighted by molar-refractivity contribution is 5.84. The Kier molecular flexibility index (Phi) is 4.83. The predicted molar refractivity (Wildman–Crippen MR) is 99.9 cm³/mol. The summed E-state index contributed by atoms with van der Waals surface area (Å²) in [5.74, 6) is 2.46. The number of hydrogen-bond donors (Lipinski definition) is 2. The number of fused-ring (bicyclic) bond motifs is 1. The van der Waals surface area contributed by atoms with Gasteiger partial charge in [0.25, 0.3) is 0 Å². The first kappa shape index (κ1) is 16.6. The zero-order valence-corrected chi connectivity index (χ0v) is 14.7. The van der Waals surface area contributed by atoms with Crippen LogP contribution in [0.4, 0.5) is 11.8 Å². The molecule has 4 rings (SSSR count). The van der Waals surface area contributed by atoms with E-state index in [0.29, 0.717) is 5.65 Å². The van der Waals surface area contributed by atoms with E-state index in [1.165, 1.54) is 5.56 Å². The molecule has 2 N–H and O–H groups in total. The highest BCUT2D eigenvalue weighted by atomic mass is 16.5. The third-order valence-electron chi connectivity index (χ3n) is 4.45. The number of ether oxygens (including phenoxy) is 2. The number of imidazole rings is 1. The van der Waals surface area contributed by atoms with Crippen LogP contribution in [0.5, 0.6) is 5.75 Å². The maximum absolute atomic E-state index is 5.40. The number of aromatic amines is 1. The molecule has 1 fully saturated rings. The van der Waals surface area contributed by atoms with Crippen molar-refractivity contribution in [2.24, 2.45) is 0 Å². The molecular formula is C18H22N6O2. The summed E-state index contributed by atoms with van der Waals surface area (Å²) in [4.78, 5) is 18.8. The molecule has 0 radical (unpaired) electrons. The van der Waals surface area contributed by atoms with E-state index in [4.69, 9.17) is 9.47 Å². The molecule has 8 nitrogen and oxygen atoms in total. The fourth-order valence-corrected chi connectivity index (χ4v) is 2.99. The molecule has 3 heterocycles. The number of hydrogen-bond acceptors (Lipinski definition) is 7. The second-order valence-corrected chi connectivity index (χ2v) is 6.11. The number of aromatic nitrogens is 4. The van der Waals surface area contributed by atoms with E-state index < -0.39 is 0 Å². The number of rotatable bonds is 6. The number of anilines is 2. The van der Waals surface area contributed by atoms with Crippen LogP contribution in [0.3, 0.4) is 0 Å². The first-order valence-electron chi connectivity index (χ1n) is 8.74. The molecule has 1 saturated heterocycles. The van der Waals surface area contributed by atoms with E-state index in [1.807, 2.05) is 12.1 Å². The van der Waals surface area contributed by atoms with Crippen LogP contribution in [-0.2, 0) is 11.2 Å². The maximum atomic E-state index is 5.40. The Morgan fingerprint density at radius 2 is 2.00 bits per heavy atom. The van der Waals surface area contributed by atoms with E-state index in [-0.39, 0.29) is 0 Å². The number of methoxy groups -OCH3 is 1. The van der Waals surface area contributed by atoms with Crippen molar-refractivity contribution in [1.82, 2.24) is 19.9 Å². The van der Waals surface area contributed by atoms with Crippen molar-refractivity contribution in [3.8, 4) is 5.75 Å². The molecular weight excluding hydrogens is 332 g/mol. The predicted octanol–water partition coefficient (Wildman–Crippen LogP) is 1.85. The van der Waals surface area contributed by atoms with Gasteiger partial charge in [0.05, 0.1) is 20.3 Å². The molecule has 0 spiro atoms. The molecule has 2 aromatic heterocycles. The first-order valence-corrected chi connectivity index (χ1v) is 8.74. The van der Waals surface area contributed by atoms with Crippen LogP contribution >= 0.6 is 0 Å². The van der Waals surface area contributed by atoms with E-state index in [1.54, 1.807) is 13.4 Å². The Morgan fingerprint density at radius 1 is 1.19 bits per heavy atom. The van der Waals surface area contributed by atoms with Crippen LogP contribution in [0, 0.1) is 0 Å². The van der Waals surface area contributed by atoms with Crippen LogP contribution in [0.15, 0.2) is 30.6 Å². The molecule has 1 aliphatic heterocycles. The first-order chi connectivity index (χ1) is 12.8. The summed E-state index contributed by atoms with van der Waals surface area (Å²) in [5, 5.41) is 3.38. The highest BCUT2D eigenvalue weighted by Crippen LogP contribution is 2.21. The lowest BCUT2D eigenvalue weighted by Gasteiger charge is -2.25. The molecule has 8 heteroatoms. The Morgan fingerprint density at radius 3 is 2.77 bits per heavy atom. The molecule has 0 aliphatic carbocycles. The fourth-order valence-electron chi connectivity index (χ4n) is 2.99. The van der Waals surface area contributed by atoms with E-state index in [2.05, 4.69) is 42.3 Å². The van der Waals surface area contributed by atoms with Crippen molar-refractivity contribution in [3.05, 3.63) is 36.2 Å².